The van der Waals surface area contributed by atoms with Gasteiger partial charge in [-0.2, -0.15) is 0 Å². The number of methoxy groups -OCH3 is 1. The lowest BCUT2D eigenvalue weighted by Crippen LogP contribution is -2.53. The summed E-state index contributed by atoms with van der Waals surface area (Å²) in [7, 11) is 1.67. The molecule has 6 heteroatoms. The van der Waals surface area contributed by atoms with E-state index in [1.54, 1.807) is 19.2 Å². The molecule has 2 aliphatic rings. The molecular weight excluding hydrogens is 285 g/mol. The largest absolute Gasteiger partial charge is 0.380 e. The Labute approximate surface area is 130 Å². The maximum absolute atomic E-state index is 13.8. The fourth-order valence-electron chi connectivity index (χ4n) is 3.17. The van der Waals surface area contributed by atoms with Crippen LogP contribution in [0.1, 0.15) is 6.42 Å². The minimum atomic E-state index is -0.206. The summed E-state index contributed by atoms with van der Waals surface area (Å²) in [5, 5.41) is 3.22. The number of nitrogens with zero attached hydrogens (tertiary/aromatic N) is 2. The molecule has 3 rings (SSSR count). The van der Waals surface area contributed by atoms with Crippen molar-refractivity contribution in [3.05, 3.63) is 30.1 Å². The SMILES string of the molecule is CO[C@@H]1CN[C@H](C(=O)N2CCN(c3ccccc3F)CC2)C1. The molecule has 2 saturated heterocycles. The molecule has 1 aromatic carbocycles. The Morgan fingerprint density at radius 2 is 2.00 bits per heavy atom. The molecule has 2 fully saturated rings. The first kappa shape index (κ1) is 15.2. The van der Waals surface area contributed by atoms with Crippen molar-refractivity contribution in [1.29, 1.82) is 0 Å². The van der Waals surface area contributed by atoms with Gasteiger partial charge in [-0.25, -0.2) is 4.39 Å². The maximum Gasteiger partial charge on any atom is 0.239 e. The number of hydrogen-bond donors (Lipinski definition) is 1. The molecule has 0 bridgehead atoms. The lowest BCUT2D eigenvalue weighted by molar-refractivity contribution is -0.133. The van der Waals surface area contributed by atoms with Gasteiger partial charge in [-0.05, 0) is 18.6 Å². The van der Waals surface area contributed by atoms with Crippen LogP contribution >= 0.6 is 0 Å². The predicted molar refractivity (Wildman–Crippen MR) is 82.4 cm³/mol. The number of carbonyl (C=O) groups excluding carboxylic acids is 1. The molecule has 120 valence electrons. The highest BCUT2D eigenvalue weighted by atomic mass is 19.1. The Morgan fingerprint density at radius 1 is 1.27 bits per heavy atom. The molecule has 0 saturated carbocycles. The van der Waals surface area contributed by atoms with E-state index in [1.807, 2.05) is 15.9 Å². The molecule has 1 N–H and O–H groups in total. The van der Waals surface area contributed by atoms with E-state index < -0.39 is 0 Å². The Morgan fingerprint density at radius 3 is 2.64 bits per heavy atom. The number of anilines is 1. The van der Waals surface area contributed by atoms with E-state index in [1.165, 1.54) is 6.07 Å². The molecule has 5 nitrogen and oxygen atoms in total. The highest BCUT2D eigenvalue weighted by Crippen LogP contribution is 2.21. The molecule has 2 heterocycles. The average molecular weight is 307 g/mol. The van der Waals surface area contributed by atoms with Gasteiger partial charge in [-0.15, -0.1) is 0 Å². The van der Waals surface area contributed by atoms with E-state index in [9.17, 15) is 9.18 Å². The average Bonchev–Trinajstić information content (AvgIpc) is 3.04. The predicted octanol–water partition coefficient (Wildman–Crippen LogP) is 0.851. The zero-order valence-electron chi connectivity index (χ0n) is 12.8. The van der Waals surface area contributed by atoms with Crippen molar-refractivity contribution in [2.24, 2.45) is 0 Å². The second-order valence-corrected chi connectivity index (χ2v) is 5.82. The molecule has 1 aromatic rings. The Bertz CT molecular complexity index is 532. The molecule has 0 unspecified atom stereocenters. The van der Waals surface area contributed by atoms with E-state index in [-0.39, 0.29) is 23.9 Å². The van der Waals surface area contributed by atoms with Crippen LogP contribution in [0, 0.1) is 5.82 Å². The van der Waals surface area contributed by atoms with Crippen LogP contribution in [-0.2, 0) is 9.53 Å². The topological polar surface area (TPSA) is 44.8 Å². The van der Waals surface area contributed by atoms with Gasteiger partial charge in [-0.3, -0.25) is 4.79 Å². The molecule has 0 radical (unpaired) electrons. The number of benzene rings is 1. The summed E-state index contributed by atoms with van der Waals surface area (Å²) in [6.07, 6.45) is 0.844. The third-order valence-electron chi connectivity index (χ3n) is 4.51. The van der Waals surface area contributed by atoms with Crippen molar-refractivity contribution >= 4 is 11.6 Å². The van der Waals surface area contributed by atoms with Crippen LogP contribution in [0.3, 0.4) is 0 Å². The van der Waals surface area contributed by atoms with Crippen LogP contribution in [0.4, 0.5) is 10.1 Å². The summed E-state index contributed by atoms with van der Waals surface area (Å²) in [5.41, 5.74) is 0.619. The van der Waals surface area contributed by atoms with Gasteiger partial charge in [0.2, 0.25) is 5.91 Å². The van der Waals surface area contributed by atoms with E-state index in [4.69, 9.17) is 4.74 Å². The van der Waals surface area contributed by atoms with Crippen LogP contribution in [-0.4, -0.2) is 62.8 Å². The quantitative estimate of drug-likeness (QED) is 0.899. The van der Waals surface area contributed by atoms with Crippen molar-refractivity contribution in [2.75, 3.05) is 44.7 Å². The molecule has 22 heavy (non-hydrogen) atoms. The summed E-state index contributed by atoms with van der Waals surface area (Å²) in [5.74, 6) is -0.0737. The molecule has 0 aliphatic carbocycles. The van der Waals surface area contributed by atoms with Gasteiger partial charge in [0.15, 0.2) is 0 Å². The van der Waals surface area contributed by atoms with Crippen molar-refractivity contribution in [2.45, 2.75) is 18.6 Å². The van der Waals surface area contributed by atoms with E-state index in [0.29, 0.717) is 31.9 Å². The van der Waals surface area contributed by atoms with Crippen LogP contribution in [0.5, 0.6) is 0 Å². The Kier molecular flexibility index (Phi) is 4.59. The normalized spacial score (nSPS) is 25.5. The number of carbonyl (C=O) groups is 1. The highest BCUT2D eigenvalue weighted by molar-refractivity contribution is 5.82. The van der Waals surface area contributed by atoms with Crippen LogP contribution in [0.25, 0.3) is 0 Å². The van der Waals surface area contributed by atoms with Gasteiger partial charge in [0.25, 0.3) is 0 Å². The Balaban J connectivity index is 1.56. The number of para-hydroxylation sites is 1. The molecular formula is C16H22FN3O2. The smallest absolute Gasteiger partial charge is 0.239 e. The number of hydrogen-bond acceptors (Lipinski definition) is 4. The van der Waals surface area contributed by atoms with E-state index in [2.05, 4.69) is 5.32 Å². The first-order chi connectivity index (χ1) is 10.7. The van der Waals surface area contributed by atoms with Gasteiger partial charge in [0, 0.05) is 39.8 Å². The Hall–Kier alpha value is -1.66. The summed E-state index contributed by atoms with van der Waals surface area (Å²) in [6, 6.07) is 6.64. The molecule has 0 spiro atoms. The number of rotatable bonds is 3. The molecule has 2 aliphatic heterocycles. The van der Waals surface area contributed by atoms with Crippen molar-refractivity contribution in [3.8, 4) is 0 Å². The number of piperazine rings is 1. The van der Waals surface area contributed by atoms with Gasteiger partial charge in [0.1, 0.15) is 5.82 Å². The summed E-state index contributed by atoms with van der Waals surface area (Å²) in [6.45, 7) is 3.30. The summed E-state index contributed by atoms with van der Waals surface area (Å²) < 4.78 is 19.1. The second-order valence-electron chi connectivity index (χ2n) is 5.82. The summed E-state index contributed by atoms with van der Waals surface area (Å²) >= 11 is 0. The maximum atomic E-state index is 13.8. The standard InChI is InChI=1S/C16H22FN3O2/c1-22-12-10-14(18-11-12)16(21)20-8-6-19(7-9-20)15-5-3-2-4-13(15)17/h2-5,12,14,18H,6-11H2,1H3/t12-,14-/m0/s1. The zero-order valence-corrected chi connectivity index (χ0v) is 12.8. The van der Waals surface area contributed by atoms with Gasteiger partial charge in [0.05, 0.1) is 17.8 Å². The van der Waals surface area contributed by atoms with Gasteiger partial charge < -0.3 is 19.9 Å². The summed E-state index contributed by atoms with van der Waals surface area (Å²) in [4.78, 5) is 16.4. The monoisotopic (exact) mass is 307 g/mol. The minimum Gasteiger partial charge on any atom is -0.380 e. The van der Waals surface area contributed by atoms with Crippen molar-refractivity contribution in [3.63, 3.8) is 0 Å². The lowest BCUT2D eigenvalue weighted by Gasteiger charge is -2.37. The number of nitrogens with one attached hydrogen (secondary N) is 1. The van der Waals surface area contributed by atoms with Crippen LogP contribution in [0.15, 0.2) is 24.3 Å². The fraction of sp³-hybridized carbons (Fsp3) is 0.562. The lowest BCUT2D eigenvalue weighted by atomic mass is 10.1. The van der Waals surface area contributed by atoms with Crippen LogP contribution in [0.2, 0.25) is 0 Å². The second kappa shape index (κ2) is 6.62. The van der Waals surface area contributed by atoms with E-state index in [0.717, 1.165) is 13.0 Å². The molecule has 1 amide bonds. The van der Waals surface area contributed by atoms with Gasteiger partial charge >= 0.3 is 0 Å². The van der Waals surface area contributed by atoms with Crippen LogP contribution < -0.4 is 10.2 Å². The van der Waals surface area contributed by atoms with Crippen molar-refractivity contribution < 1.29 is 13.9 Å². The highest BCUT2D eigenvalue weighted by Gasteiger charge is 2.33. The fourth-order valence-corrected chi connectivity index (χ4v) is 3.17. The zero-order chi connectivity index (χ0) is 15.5. The molecule has 0 aromatic heterocycles. The first-order valence-electron chi connectivity index (χ1n) is 7.73. The number of halogens is 1. The van der Waals surface area contributed by atoms with Crippen molar-refractivity contribution in [1.82, 2.24) is 10.2 Å². The molecule has 2 atom stereocenters. The third kappa shape index (κ3) is 3.08. The third-order valence-corrected chi connectivity index (χ3v) is 4.51. The first-order valence-corrected chi connectivity index (χ1v) is 7.73. The number of amides is 1. The minimum absolute atomic E-state index is 0.119. The number of ether oxygens (including phenoxy) is 1. The van der Waals surface area contributed by atoms with Gasteiger partial charge in [-0.1, -0.05) is 12.1 Å². The van der Waals surface area contributed by atoms with E-state index >= 15 is 0 Å².